The molecule has 1 aliphatic rings. The number of anilines is 2. The fourth-order valence-corrected chi connectivity index (χ4v) is 2.86. The van der Waals surface area contributed by atoms with Crippen molar-refractivity contribution in [1.82, 2.24) is 4.90 Å². The Hall–Kier alpha value is -3.32. The van der Waals surface area contributed by atoms with E-state index in [9.17, 15) is 9.59 Å². The average Bonchev–Trinajstić information content (AvgIpc) is 2.78. The molecular weight excluding hydrogens is 370 g/mol. The van der Waals surface area contributed by atoms with Crippen molar-refractivity contribution >= 4 is 23.2 Å². The van der Waals surface area contributed by atoms with Crippen molar-refractivity contribution in [3.8, 4) is 5.75 Å². The molecule has 0 atom stereocenters. The zero-order valence-electron chi connectivity index (χ0n) is 16.2. The van der Waals surface area contributed by atoms with Crippen LogP contribution in [0.5, 0.6) is 5.75 Å². The normalized spacial score (nSPS) is 13.4. The first-order chi connectivity index (χ1) is 14.2. The highest BCUT2D eigenvalue weighted by Crippen LogP contribution is 2.16. The minimum absolute atomic E-state index is 0.00175. The summed E-state index contributed by atoms with van der Waals surface area (Å²) in [5.41, 5.74) is 2.08. The van der Waals surface area contributed by atoms with E-state index in [1.54, 1.807) is 59.5 Å². The Morgan fingerprint density at radius 3 is 2.34 bits per heavy atom. The number of ether oxygens (including phenoxy) is 2. The molecule has 2 N–H and O–H groups in total. The van der Waals surface area contributed by atoms with Crippen LogP contribution in [0.1, 0.15) is 10.4 Å². The van der Waals surface area contributed by atoms with Gasteiger partial charge in [0.25, 0.3) is 5.91 Å². The highest BCUT2D eigenvalue weighted by atomic mass is 16.5. The van der Waals surface area contributed by atoms with Gasteiger partial charge in [-0.3, -0.25) is 9.59 Å². The van der Waals surface area contributed by atoms with Gasteiger partial charge in [-0.1, -0.05) is 12.7 Å². The Morgan fingerprint density at radius 2 is 1.69 bits per heavy atom. The molecule has 0 aliphatic carbocycles. The second-order valence-electron chi connectivity index (χ2n) is 6.51. The number of carbonyl (C=O) groups is 2. The molecule has 1 fully saturated rings. The van der Waals surface area contributed by atoms with Crippen molar-refractivity contribution in [1.29, 1.82) is 0 Å². The molecule has 0 unspecified atom stereocenters. The molecular formula is C22H25N3O4. The Bertz CT molecular complexity index is 828. The van der Waals surface area contributed by atoms with Gasteiger partial charge in [0.1, 0.15) is 12.4 Å². The molecule has 0 aromatic heterocycles. The van der Waals surface area contributed by atoms with Crippen LogP contribution in [0, 0.1) is 0 Å². The predicted molar refractivity (Wildman–Crippen MR) is 112 cm³/mol. The fraction of sp³-hybridized carbons (Fsp3) is 0.273. The Morgan fingerprint density at radius 1 is 1.03 bits per heavy atom. The van der Waals surface area contributed by atoms with Crippen LogP contribution >= 0.6 is 0 Å². The van der Waals surface area contributed by atoms with Crippen molar-refractivity contribution in [2.24, 2.45) is 0 Å². The first-order valence-electron chi connectivity index (χ1n) is 9.50. The summed E-state index contributed by atoms with van der Waals surface area (Å²) in [7, 11) is 0. The summed E-state index contributed by atoms with van der Waals surface area (Å²) >= 11 is 0. The topological polar surface area (TPSA) is 79.9 Å². The molecule has 0 spiro atoms. The summed E-state index contributed by atoms with van der Waals surface area (Å²) in [6, 6.07) is 14.3. The van der Waals surface area contributed by atoms with Gasteiger partial charge < -0.3 is 25.0 Å². The maximum absolute atomic E-state index is 12.4. The molecule has 1 saturated heterocycles. The molecule has 0 radical (unpaired) electrons. The van der Waals surface area contributed by atoms with E-state index < -0.39 is 0 Å². The quantitative estimate of drug-likeness (QED) is 0.672. The van der Waals surface area contributed by atoms with Gasteiger partial charge in [-0.2, -0.15) is 0 Å². The summed E-state index contributed by atoms with van der Waals surface area (Å²) in [4.78, 5) is 26.4. The zero-order valence-corrected chi connectivity index (χ0v) is 16.2. The van der Waals surface area contributed by atoms with Crippen molar-refractivity contribution in [2.75, 3.05) is 50.1 Å². The minimum Gasteiger partial charge on any atom is -0.490 e. The van der Waals surface area contributed by atoms with E-state index in [4.69, 9.17) is 9.47 Å². The van der Waals surface area contributed by atoms with E-state index >= 15 is 0 Å². The minimum atomic E-state index is -0.168. The molecule has 1 aliphatic heterocycles. The van der Waals surface area contributed by atoms with E-state index in [0.717, 1.165) is 5.69 Å². The standard InChI is InChI=1S/C22H25N3O4/c1-2-13-29-20-9-7-19(8-10-20)24-21(26)16-23-18-5-3-17(4-6-18)22(27)25-11-14-28-15-12-25/h2-10,23H,1,11-16H2,(H,24,26). The van der Waals surface area contributed by atoms with Gasteiger partial charge in [0.05, 0.1) is 19.8 Å². The number of rotatable bonds is 8. The number of nitrogens with zero attached hydrogens (tertiary/aromatic N) is 1. The number of hydrogen-bond acceptors (Lipinski definition) is 5. The van der Waals surface area contributed by atoms with Crippen LogP contribution in [0.3, 0.4) is 0 Å². The van der Waals surface area contributed by atoms with Gasteiger partial charge in [-0.05, 0) is 48.5 Å². The second kappa shape index (κ2) is 10.3. The van der Waals surface area contributed by atoms with Crippen LogP contribution in [-0.4, -0.2) is 56.2 Å². The smallest absolute Gasteiger partial charge is 0.254 e. The molecule has 1 heterocycles. The first-order valence-corrected chi connectivity index (χ1v) is 9.50. The molecule has 2 aromatic rings. The predicted octanol–water partition coefficient (Wildman–Crippen LogP) is 2.77. The van der Waals surface area contributed by atoms with Crippen molar-refractivity contribution in [3.05, 3.63) is 66.7 Å². The summed E-state index contributed by atoms with van der Waals surface area (Å²) in [5, 5.41) is 5.88. The van der Waals surface area contributed by atoms with E-state index in [1.165, 1.54) is 0 Å². The second-order valence-corrected chi connectivity index (χ2v) is 6.51. The van der Waals surface area contributed by atoms with Gasteiger partial charge in [0, 0.05) is 30.0 Å². The van der Waals surface area contributed by atoms with Crippen LogP contribution in [-0.2, 0) is 9.53 Å². The van der Waals surface area contributed by atoms with E-state index in [2.05, 4.69) is 17.2 Å². The maximum atomic E-state index is 12.4. The largest absolute Gasteiger partial charge is 0.490 e. The molecule has 0 bridgehead atoms. The molecule has 29 heavy (non-hydrogen) atoms. The third kappa shape index (κ3) is 6.08. The molecule has 3 rings (SSSR count). The first kappa shape index (κ1) is 20.4. The van der Waals surface area contributed by atoms with Gasteiger partial charge in [-0.15, -0.1) is 0 Å². The summed E-state index contributed by atoms with van der Waals surface area (Å²) < 4.78 is 10.7. The van der Waals surface area contributed by atoms with E-state index in [1.807, 2.05) is 0 Å². The van der Waals surface area contributed by atoms with Crippen molar-refractivity contribution in [3.63, 3.8) is 0 Å². The number of carbonyl (C=O) groups excluding carboxylic acids is 2. The lowest BCUT2D eigenvalue weighted by atomic mass is 10.1. The molecule has 2 amide bonds. The average molecular weight is 395 g/mol. The molecule has 0 saturated carbocycles. The lowest BCUT2D eigenvalue weighted by molar-refractivity contribution is -0.114. The van der Waals surface area contributed by atoms with Crippen molar-refractivity contribution in [2.45, 2.75) is 0 Å². The fourth-order valence-electron chi connectivity index (χ4n) is 2.86. The van der Waals surface area contributed by atoms with Gasteiger partial charge in [0.15, 0.2) is 0 Å². The van der Waals surface area contributed by atoms with Crippen molar-refractivity contribution < 1.29 is 19.1 Å². The Balaban J connectivity index is 1.46. The third-order valence-electron chi connectivity index (χ3n) is 4.39. The maximum Gasteiger partial charge on any atom is 0.254 e. The van der Waals surface area contributed by atoms with Crippen LogP contribution in [0.2, 0.25) is 0 Å². The summed E-state index contributed by atoms with van der Waals surface area (Å²) in [6.45, 7) is 6.53. The number of hydrogen-bond donors (Lipinski definition) is 2. The Labute approximate surface area is 170 Å². The highest BCUT2D eigenvalue weighted by Gasteiger charge is 2.18. The lowest BCUT2D eigenvalue weighted by Gasteiger charge is -2.26. The third-order valence-corrected chi connectivity index (χ3v) is 4.39. The molecule has 7 heteroatoms. The highest BCUT2D eigenvalue weighted by molar-refractivity contribution is 5.95. The Kier molecular flexibility index (Phi) is 7.24. The SMILES string of the molecule is C=CCOc1ccc(NC(=O)CNc2ccc(C(=O)N3CCOCC3)cc2)cc1. The van der Waals surface area contributed by atoms with Crippen LogP contribution in [0.15, 0.2) is 61.2 Å². The van der Waals surface area contributed by atoms with E-state index in [-0.39, 0.29) is 18.4 Å². The number of benzene rings is 2. The zero-order chi connectivity index (χ0) is 20.5. The van der Waals surface area contributed by atoms with Crippen LogP contribution in [0.25, 0.3) is 0 Å². The van der Waals surface area contributed by atoms with Crippen LogP contribution in [0.4, 0.5) is 11.4 Å². The molecule has 7 nitrogen and oxygen atoms in total. The molecule has 2 aromatic carbocycles. The lowest BCUT2D eigenvalue weighted by Crippen LogP contribution is -2.40. The monoisotopic (exact) mass is 395 g/mol. The number of amides is 2. The van der Waals surface area contributed by atoms with E-state index in [0.29, 0.717) is 49.9 Å². The summed E-state index contributed by atoms with van der Waals surface area (Å²) in [6.07, 6.45) is 1.67. The van der Waals surface area contributed by atoms with Gasteiger partial charge in [0.2, 0.25) is 5.91 Å². The van der Waals surface area contributed by atoms with Gasteiger partial charge in [-0.25, -0.2) is 0 Å². The summed E-state index contributed by atoms with van der Waals surface area (Å²) in [5.74, 6) is 0.545. The number of nitrogens with one attached hydrogen (secondary N) is 2. The van der Waals surface area contributed by atoms with Gasteiger partial charge >= 0.3 is 0 Å². The van der Waals surface area contributed by atoms with Crippen LogP contribution < -0.4 is 15.4 Å². The molecule has 152 valence electrons. The number of morpholine rings is 1.